The molecule has 2 aromatic rings. The van der Waals surface area contributed by atoms with E-state index in [1.807, 2.05) is 30.3 Å². The summed E-state index contributed by atoms with van der Waals surface area (Å²) < 4.78 is 15.7. The van der Waals surface area contributed by atoms with Crippen LogP contribution in [0.25, 0.3) is 0 Å². The average molecular weight is 301 g/mol. The Labute approximate surface area is 129 Å². The van der Waals surface area contributed by atoms with Crippen LogP contribution in [0.3, 0.4) is 0 Å². The van der Waals surface area contributed by atoms with Crippen molar-refractivity contribution in [2.75, 3.05) is 19.6 Å². The van der Waals surface area contributed by atoms with Crippen LogP contribution in [0, 0.1) is 0 Å². The molecule has 0 aromatic heterocycles. The Kier molecular flexibility index (Phi) is 3.96. The Bertz CT molecular complexity index is 685. The van der Waals surface area contributed by atoms with Crippen molar-refractivity contribution in [3.8, 4) is 23.0 Å². The number of hydrogen-bond acceptors (Lipinski definition) is 5. The van der Waals surface area contributed by atoms with Gasteiger partial charge >= 0.3 is 0 Å². The van der Waals surface area contributed by atoms with E-state index in [1.54, 1.807) is 7.11 Å². The first-order chi connectivity index (χ1) is 10.7. The van der Waals surface area contributed by atoms with Gasteiger partial charge in [0.2, 0.25) is 12.5 Å². The van der Waals surface area contributed by atoms with E-state index in [4.69, 9.17) is 19.9 Å². The van der Waals surface area contributed by atoms with Gasteiger partial charge in [-0.2, -0.15) is 0 Å². The molecular formula is C17H19NO4. The van der Waals surface area contributed by atoms with Crippen LogP contribution in [-0.4, -0.2) is 19.0 Å². The summed E-state index contributed by atoms with van der Waals surface area (Å²) in [6.45, 7) is 0.164. The molecule has 0 saturated heterocycles. The number of phenols is 1. The third-order valence-corrected chi connectivity index (χ3v) is 3.80. The highest BCUT2D eigenvalue weighted by Crippen LogP contribution is 2.42. The van der Waals surface area contributed by atoms with Crippen LogP contribution in [0.4, 0.5) is 5.69 Å². The second-order valence-electron chi connectivity index (χ2n) is 5.24. The number of phenolic OH excluding ortho intramolecular Hbond substituents is 1. The highest BCUT2D eigenvalue weighted by atomic mass is 16.7. The molecule has 0 saturated carbocycles. The van der Waals surface area contributed by atoms with Gasteiger partial charge in [-0.05, 0) is 48.6 Å². The second-order valence-corrected chi connectivity index (χ2v) is 5.24. The summed E-state index contributed by atoms with van der Waals surface area (Å²) in [6, 6.07) is 9.53. The van der Waals surface area contributed by atoms with Gasteiger partial charge in [0.25, 0.3) is 0 Å². The Morgan fingerprint density at radius 1 is 1.18 bits per heavy atom. The maximum absolute atomic E-state index is 10.2. The van der Waals surface area contributed by atoms with Crippen LogP contribution >= 0.6 is 0 Å². The summed E-state index contributed by atoms with van der Waals surface area (Å²) in [5.74, 6) is 1.93. The number of anilines is 1. The highest BCUT2D eigenvalue weighted by molar-refractivity contribution is 5.56. The van der Waals surface area contributed by atoms with Gasteiger partial charge in [0, 0.05) is 0 Å². The van der Waals surface area contributed by atoms with E-state index >= 15 is 0 Å². The number of nitrogen functional groups attached to an aromatic ring is 1. The fourth-order valence-corrected chi connectivity index (χ4v) is 2.62. The fourth-order valence-electron chi connectivity index (χ4n) is 2.62. The fraction of sp³-hybridized carbons (Fsp3) is 0.294. The van der Waals surface area contributed by atoms with Crippen molar-refractivity contribution in [1.82, 2.24) is 0 Å². The number of fused-ring (bicyclic) bond motifs is 1. The summed E-state index contributed by atoms with van der Waals surface area (Å²) in [4.78, 5) is 0. The van der Waals surface area contributed by atoms with E-state index in [0.717, 1.165) is 30.4 Å². The molecule has 1 aliphatic heterocycles. The number of aryl methyl sites for hydroxylation is 2. The molecule has 1 aliphatic rings. The molecule has 5 nitrogen and oxygen atoms in total. The number of hydrogen-bond donors (Lipinski definition) is 2. The van der Waals surface area contributed by atoms with Crippen LogP contribution in [0.5, 0.6) is 23.0 Å². The molecule has 3 rings (SSSR count). The monoisotopic (exact) mass is 301 g/mol. The molecule has 0 atom stereocenters. The Hall–Kier alpha value is -2.56. The van der Waals surface area contributed by atoms with Crippen LogP contribution in [0.15, 0.2) is 30.3 Å². The van der Waals surface area contributed by atoms with E-state index in [0.29, 0.717) is 22.9 Å². The summed E-state index contributed by atoms with van der Waals surface area (Å²) in [5.41, 5.74) is 8.57. The number of ether oxygens (including phenoxy) is 3. The molecule has 5 heteroatoms. The smallest absolute Gasteiger partial charge is 0.231 e. The predicted octanol–water partition coefficient (Wildman–Crippen LogP) is 2.89. The van der Waals surface area contributed by atoms with Crippen molar-refractivity contribution in [2.45, 2.75) is 19.3 Å². The summed E-state index contributed by atoms with van der Waals surface area (Å²) in [5, 5.41) is 10.2. The molecule has 0 radical (unpaired) electrons. The molecule has 0 amide bonds. The van der Waals surface area contributed by atoms with E-state index in [9.17, 15) is 5.11 Å². The quantitative estimate of drug-likeness (QED) is 0.831. The highest BCUT2D eigenvalue weighted by Gasteiger charge is 2.20. The summed E-state index contributed by atoms with van der Waals surface area (Å²) in [6.07, 6.45) is 2.54. The molecule has 1 heterocycles. The third kappa shape index (κ3) is 2.74. The van der Waals surface area contributed by atoms with Crippen molar-refractivity contribution in [3.63, 3.8) is 0 Å². The minimum Gasteiger partial charge on any atom is -0.504 e. The predicted molar refractivity (Wildman–Crippen MR) is 83.7 cm³/mol. The van der Waals surface area contributed by atoms with E-state index in [-0.39, 0.29) is 12.5 Å². The van der Waals surface area contributed by atoms with E-state index in [2.05, 4.69) is 0 Å². The number of methoxy groups -OCH3 is 1. The van der Waals surface area contributed by atoms with Gasteiger partial charge in [0.1, 0.15) is 5.75 Å². The second kappa shape index (κ2) is 6.05. The molecule has 0 spiro atoms. The van der Waals surface area contributed by atoms with Gasteiger partial charge in [-0.3, -0.25) is 0 Å². The molecule has 0 unspecified atom stereocenters. The number of nitrogens with two attached hydrogens (primary N) is 1. The van der Waals surface area contributed by atoms with Crippen LogP contribution in [0.2, 0.25) is 0 Å². The van der Waals surface area contributed by atoms with E-state index in [1.165, 1.54) is 0 Å². The summed E-state index contributed by atoms with van der Waals surface area (Å²) in [7, 11) is 1.60. The molecule has 22 heavy (non-hydrogen) atoms. The lowest BCUT2D eigenvalue weighted by molar-refractivity contribution is 0.171. The SMILES string of the molecule is COc1ccc(CCCc2ccc3c(c2O)OCO3)cc1N. The van der Waals surface area contributed by atoms with Crippen molar-refractivity contribution >= 4 is 5.69 Å². The minimum atomic E-state index is 0.164. The van der Waals surface area contributed by atoms with E-state index < -0.39 is 0 Å². The lowest BCUT2D eigenvalue weighted by atomic mass is 10.0. The van der Waals surface area contributed by atoms with Gasteiger partial charge in [0.15, 0.2) is 11.5 Å². The topological polar surface area (TPSA) is 73.9 Å². The normalized spacial score (nSPS) is 12.4. The minimum absolute atomic E-state index is 0.164. The maximum atomic E-state index is 10.2. The van der Waals surface area contributed by atoms with Crippen molar-refractivity contribution in [3.05, 3.63) is 41.5 Å². The first-order valence-electron chi connectivity index (χ1n) is 7.22. The largest absolute Gasteiger partial charge is 0.504 e. The maximum Gasteiger partial charge on any atom is 0.231 e. The number of benzene rings is 2. The van der Waals surface area contributed by atoms with Gasteiger partial charge < -0.3 is 25.1 Å². The molecule has 0 bridgehead atoms. The number of aromatic hydroxyl groups is 1. The van der Waals surface area contributed by atoms with Crippen LogP contribution in [0.1, 0.15) is 17.5 Å². The van der Waals surface area contributed by atoms with Crippen LogP contribution < -0.4 is 19.9 Å². The third-order valence-electron chi connectivity index (χ3n) is 3.80. The van der Waals surface area contributed by atoms with Gasteiger partial charge in [-0.25, -0.2) is 0 Å². The first kappa shape index (κ1) is 14.4. The van der Waals surface area contributed by atoms with Crippen molar-refractivity contribution in [1.29, 1.82) is 0 Å². The summed E-state index contributed by atoms with van der Waals surface area (Å²) >= 11 is 0. The molecular weight excluding hydrogens is 282 g/mol. The van der Waals surface area contributed by atoms with Crippen molar-refractivity contribution < 1.29 is 19.3 Å². The Morgan fingerprint density at radius 2 is 2.05 bits per heavy atom. The van der Waals surface area contributed by atoms with Gasteiger partial charge in [-0.1, -0.05) is 12.1 Å². The van der Waals surface area contributed by atoms with Gasteiger partial charge in [0.05, 0.1) is 12.8 Å². The molecule has 0 fully saturated rings. The molecule has 116 valence electrons. The standard InChI is InChI=1S/C17H19NO4/c1-20-14-7-5-11(9-13(14)18)3-2-4-12-6-8-15-17(16(12)19)22-10-21-15/h5-9,19H,2-4,10,18H2,1H3. The first-order valence-corrected chi connectivity index (χ1v) is 7.22. The Balaban J connectivity index is 1.63. The zero-order valence-corrected chi connectivity index (χ0v) is 12.5. The molecule has 2 aromatic carbocycles. The molecule has 0 aliphatic carbocycles. The zero-order chi connectivity index (χ0) is 15.5. The van der Waals surface area contributed by atoms with Crippen LogP contribution in [-0.2, 0) is 12.8 Å². The zero-order valence-electron chi connectivity index (χ0n) is 12.5. The number of rotatable bonds is 5. The molecule has 3 N–H and O–H groups in total. The Morgan fingerprint density at radius 3 is 2.82 bits per heavy atom. The lowest BCUT2D eigenvalue weighted by Crippen LogP contribution is -1.96. The lowest BCUT2D eigenvalue weighted by Gasteiger charge is -2.09. The van der Waals surface area contributed by atoms with Crippen molar-refractivity contribution in [2.24, 2.45) is 0 Å². The average Bonchev–Trinajstić information content (AvgIpc) is 2.99. The van der Waals surface area contributed by atoms with Gasteiger partial charge in [-0.15, -0.1) is 0 Å².